The zero-order valence-electron chi connectivity index (χ0n) is 16.1. The van der Waals surface area contributed by atoms with Crippen molar-refractivity contribution in [1.29, 1.82) is 0 Å². The van der Waals surface area contributed by atoms with Crippen molar-refractivity contribution in [2.45, 2.75) is 37.5 Å². The molecular formula is C22H22F2N2O2. The third-order valence-corrected chi connectivity index (χ3v) is 6.18. The van der Waals surface area contributed by atoms with Gasteiger partial charge in [-0.05, 0) is 67.0 Å². The van der Waals surface area contributed by atoms with Gasteiger partial charge in [0.2, 0.25) is 0 Å². The Morgan fingerprint density at radius 1 is 1.29 bits per heavy atom. The number of carbonyl (C=O) groups is 1. The summed E-state index contributed by atoms with van der Waals surface area (Å²) in [5.74, 6) is -1.22. The number of hydrogen-bond acceptors (Lipinski definition) is 3. The van der Waals surface area contributed by atoms with E-state index in [1.807, 2.05) is 13.1 Å². The first-order valence-corrected chi connectivity index (χ1v) is 9.32. The molecule has 0 radical (unpaired) electrons. The van der Waals surface area contributed by atoms with E-state index in [-0.39, 0.29) is 17.6 Å². The SMILES string of the molecule is COC(=O)[C@@]1(c2cccc(F)c2C)CCC(c2cc3c(cnn3C)cc2F)C1. The fourth-order valence-corrected chi connectivity index (χ4v) is 4.67. The second-order valence-corrected chi connectivity index (χ2v) is 7.63. The lowest BCUT2D eigenvalue weighted by atomic mass is 9.75. The highest BCUT2D eigenvalue weighted by molar-refractivity contribution is 5.85. The van der Waals surface area contributed by atoms with Crippen LogP contribution in [0.3, 0.4) is 0 Å². The molecule has 1 fully saturated rings. The van der Waals surface area contributed by atoms with Gasteiger partial charge in [0.25, 0.3) is 0 Å². The van der Waals surface area contributed by atoms with Gasteiger partial charge in [-0.25, -0.2) is 8.78 Å². The van der Waals surface area contributed by atoms with Crippen molar-refractivity contribution in [3.63, 3.8) is 0 Å². The van der Waals surface area contributed by atoms with E-state index in [4.69, 9.17) is 4.74 Å². The number of hydrogen-bond donors (Lipinski definition) is 0. The van der Waals surface area contributed by atoms with Crippen molar-refractivity contribution in [3.8, 4) is 0 Å². The number of fused-ring (bicyclic) bond motifs is 1. The van der Waals surface area contributed by atoms with Crippen molar-refractivity contribution in [2.24, 2.45) is 7.05 Å². The molecule has 0 saturated heterocycles. The number of ether oxygens (including phenoxy) is 1. The summed E-state index contributed by atoms with van der Waals surface area (Å²) >= 11 is 0. The Balaban J connectivity index is 1.80. The molecular weight excluding hydrogens is 362 g/mol. The van der Waals surface area contributed by atoms with Gasteiger partial charge in [-0.1, -0.05) is 12.1 Å². The van der Waals surface area contributed by atoms with Gasteiger partial charge < -0.3 is 4.74 Å². The largest absolute Gasteiger partial charge is 0.468 e. The Bertz CT molecular complexity index is 1080. The molecule has 1 aromatic heterocycles. The molecule has 0 N–H and O–H groups in total. The van der Waals surface area contributed by atoms with Gasteiger partial charge in [-0.3, -0.25) is 9.48 Å². The lowest BCUT2D eigenvalue weighted by Gasteiger charge is -2.29. The minimum absolute atomic E-state index is 0.166. The topological polar surface area (TPSA) is 44.1 Å². The predicted molar refractivity (Wildman–Crippen MR) is 102 cm³/mol. The Morgan fingerprint density at radius 2 is 2.07 bits per heavy atom. The summed E-state index contributed by atoms with van der Waals surface area (Å²) in [7, 11) is 3.15. The first kappa shape index (κ1) is 18.6. The van der Waals surface area contributed by atoms with Crippen LogP contribution in [-0.2, 0) is 22.0 Å². The Kier molecular flexibility index (Phi) is 4.44. The van der Waals surface area contributed by atoms with E-state index in [9.17, 15) is 13.6 Å². The van der Waals surface area contributed by atoms with Crippen LogP contribution in [0.4, 0.5) is 8.78 Å². The van der Waals surface area contributed by atoms with Crippen LogP contribution >= 0.6 is 0 Å². The highest BCUT2D eigenvalue weighted by atomic mass is 19.1. The molecule has 2 atom stereocenters. The smallest absolute Gasteiger partial charge is 0.316 e. The van der Waals surface area contributed by atoms with Crippen LogP contribution in [0.1, 0.15) is 41.9 Å². The van der Waals surface area contributed by atoms with E-state index >= 15 is 0 Å². The lowest BCUT2D eigenvalue weighted by Crippen LogP contribution is -2.35. The van der Waals surface area contributed by atoms with Crippen LogP contribution in [0, 0.1) is 18.6 Å². The molecule has 1 heterocycles. The van der Waals surface area contributed by atoms with Crippen LogP contribution < -0.4 is 0 Å². The van der Waals surface area contributed by atoms with Gasteiger partial charge in [0.05, 0.1) is 24.2 Å². The summed E-state index contributed by atoms with van der Waals surface area (Å²) in [6, 6.07) is 8.07. The summed E-state index contributed by atoms with van der Waals surface area (Å²) < 4.78 is 35.9. The van der Waals surface area contributed by atoms with Crippen molar-refractivity contribution < 1.29 is 18.3 Å². The number of halogens is 2. The molecule has 0 spiro atoms. The van der Waals surface area contributed by atoms with Gasteiger partial charge >= 0.3 is 5.97 Å². The molecule has 4 rings (SSSR count). The fourth-order valence-electron chi connectivity index (χ4n) is 4.67. The van der Waals surface area contributed by atoms with Crippen LogP contribution in [0.5, 0.6) is 0 Å². The average Bonchev–Trinajstić information content (AvgIpc) is 3.27. The van der Waals surface area contributed by atoms with Crippen molar-refractivity contribution in [2.75, 3.05) is 7.11 Å². The van der Waals surface area contributed by atoms with Crippen molar-refractivity contribution >= 4 is 16.9 Å². The summed E-state index contributed by atoms with van der Waals surface area (Å²) in [6.45, 7) is 1.67. The van der Waals surface area contributed by atoms with E-state index in [1.54, 1.807) is 29.9 Å². The van der Waals surface area contributed by atoms with Gasteiger partial charge in [0.15, 0.2) is 0 Å². The van der Waals surface area contributed by atoms with E-state index in [0.717, 1.165) is 10.9 Å². The molecule has 2 aromatic carbocycles. The number of aryl methyl sites for hydroxylation is 1. The number of nitrogens with zero attached hydrogens (tertiary/aromatic N) is 2. The van der Waals surface area contributed by atoms with Gasteiger partial charge in [-0.15, -0.1) is 0 Å². The number of benzene rings is 2. The summed E-state index contributed by atoms with van der Waals surface area (Å²) in [5, 5.41) is 4.92. The molecule has 1 unspecified atom stereocenters. The quantitative estimate of drug-likeness (QED) is 0.623. The number of carbonyl (C=O) groups excluding carboxylic acids is 1. The number of rotatable bonds is 3. The molecule has 146 valence electrons. The van der Waals surface area contributed by atoms with E-state index in [0.29, 0.717) is 36.0 Å². The number of esters is 1. The summed E-state index contributed by atoms with van der Waals surface area (Å²) in [4.78, 5) is 12.8. The molecule has 0 amide bonds. The first-order valence-electron chi connectivity index (χ1n) is 9.32. The van der Waals surface area contributed by atoms with Gasteiger partial charge in [-0.2, -0.15) is 5.10 Å². The van der Waals surface area contributed by atoms with Crippen molar-refractivity contribution in [3.05, 3.63) is 64.9 Å². The zero-order valence-corrected chi connectivity index (χ0v) is 16.1. The first-order chi connectivity index (χ1) is 13.4. The number of aromatic nitrogens is 2. The third-order valence-electron chi connectivity index (χ3n) is 6.18. The number of methoxy groups -OCH3 is 1. The third kappa shape index (κ3) is 2.70. The monoisotopic (exact) mass is 384 g/mol. The summed E-state index contributed by atoms with van der Waals surface area (Å²) in [5.41, 5.74) is 1.50. The predicted octanol–water partition coefficient (Wildman–Crippen LogP) is 4.54. The van der Waals surface area contributed by atoms with Crippen LogP contribution in [0.15, 0.2) is 36.5 Å². The van der Waals surface area contributed by atoms with Gasteiger partial charge in [0, 0.05) is 12.4 Å². The van der Waals surface area contributed by atoms with Crippen LogP contribution in [0.25, 0.3) is 10.9 Å². The molecule has 6 heteroatoms. The minimum atomic E-state index is -0.973. The molecule has 0 aliphatic heterocycles. The molecule has 4 nitrogen and oxygen atoms in total. The molecule has 1 aliphatic rings. The molecule has 1 aliphatic carbocycles. The maximum absolute atomic E-state index is 14.8. The molecule has 28 heavy (non-hydrogen) atoms. The van der Waals surface area contributed by atoms with Crippen LogP contribution in [0.2, 0.25) is 0 Å². The second kappa shape index (κ2) is 6.69. The second-order valence-electron chi connectivity index (χ2n) is 7.63. The van der Waals surface area contributed by atoms with Crippen molar-refractivity contribution in [1.82, 2.24) is 9.78 Å². The zero-order chi connectivity index (χ0) is 20.1. The average molecular weight is 384 g/mol. The normalized spacial score (nSPS) is 22.0. The Labute approximate surface area is 162 Å². The van der Waals surface area contributed by atoms with E-state index in [1.165, 1.54) is 19.2 Å². The highest BCUT2D eigenvalue weighted by Crippen LogP contribution is 2.50. The fraction of sp³-hybridized carbons (Fsp3) is 0.364. The minimum Gasteiger partial charge on any atom is -0.468 e. The van der Waals surface area contributed by atoms with E-state index < -0.39 is 11.4 Å². The molecule has 0 bridgehead atoms. The standard InChI is InChI=1S/C22H22F2N2O2/c1-13-17(5-4-6-18(13)23)22(21(27)28-3)8-7-14(11-22)16-10-20-15(9-19(16)24)12-25-26(20)2/h4-6,9-10,12,14H,7-8,11H2,1-3H3/t14?,22-/m0/s1. The maximum atomic E-state index is 14.8. The Hall–Kier alpha value is -2.76. The maximum Gasteiger partial charge on any atom is 0.316 e. The van der Waals surface area contributed by atoms with Gasteiger partial charge in [0.1, 0.15) is 11.6 Å². The van der Waals surface area contributed by atoms with Crippen LogP contribution in [-0.4, -0.2) is 22.9 Å². The Morgan fingerprint density at radius 3 is 2.82 bits per heavy atom. The van der Waals surface area contributed by atoms with E-state index in [2.05, 4.69) is 5.10 Å². The molecule has 3 aromatic rings. The lowest BCUT2D eigenvalue weighted by molar-refractivity contribution is -0.147. The molecule has 1 saturated carbocycles. The summed E-state index contributed by atoms with van der Waals surface area (Å²) in [6.07, 6.45) is 3.11. The highest BCUT2D eigenvalue weighted by Gasteiger charge is 2.49.